The van der Waals surface area contributed by atoms with Gasteiger partial charge in [0, 0.05) is 12.6 Å². The zero-order valence-corrected chi connectivity index (χ0v) is 12.6. The van der Waals surface area contributed by atoms with E-state index in [1.165, 1.54) is 12.8 Å². The summed E-state index contributed by atoms with van der Waals surface area (Å²) in [6.45, 7) is 0.686. The van der Waals surface area contributed by atoms with Crippen molar-refractivity contribution in [2.24, 2.45) is 13.0 Å². The van der Waals surface area contributed by atoms with Gasteiger partial charge in [-0.15, -0.1) is 0 Å². The van der Waals surface area contributed by atoms with Crippen LogP contribution in [0.5, 0.6) is 11.5 Å². The lowest BCUT2D eigenvalue weighted by Crippen LogP contribution is -2.01. The largest absolute Gasteiger partial charge is 0.493 e. The van der Waals surface area contributed by atoms with E-state index in [0.717, 1.165) is 11.3 Å². The number of aromatic nitrogens is 2. The number of carbonyl (C=O) groups is 1. The number of methoxy groups -OCH3 is 1. The normalized spacial score (nSPS) is 13.9. The molecular weight excluding hydrogens is 284 g/mol. The quantitative estimate of drug-likeness (QED) is 0.887. The summed E-state index contributed by atoms with van der Waals surface area (Å²) in [5, 5.41) is 13.0. The summed E-state index contributed by atoms with van der Waals surface area (Å²) in [6, 6.07) is 7.11. The Hall–Kier alpha value is -2.50. The number of rotatable bonds is 6. The summed E-state index contributed by atoms with van der Waals surface area (Å²) < 4.78 is 12.7. The van der Waals surface area contributed by atoms with Gasteiger partial charge in [0.05, 0.1) is 19.4 Å². The predicted molar refractivity (Wildman–Crippen MR) is 80.4 cm³/mol. The van der Waals surface area contributed by atoms with E-state index < -0.39 is 5.97 Å². The molecule has 6 nitrogen and oxygen atoms in total. The molecule has 1 aliphatic rings. The van der Waals surface area contributed by atoms with Crippen molar-refractivity contribution in [2.75, 3.05) is 13.7 Å². The molecule has 2 aromatic rings. The number of carboxylic acids is 1. The fourth-order valence-electron chi connectivity index (χ4n) is 2.28. The fraction of sp³-hybridized carbons (Fsp3) is 0.375. The monoisotopic (exact) mass is 302 g/mol. The molecule has 0 bridgehead atoms. The summed E-state index contributed by atoms with van der Waals surface area (Å²) >= 11 is 0. The second-order valence-corrected chi connectivity index (χ2v) is 5.46. The zero-order valence-electron chi connectivity index (χ0n) is 12.6. The van der Waals surface area contributed by atoms with Crippen LogP contribution in [-0.2, 0) is 7.05 Å². The lowest BCUT2D eigenvalue weighted by atomic mass is 10.1. The highest BCUT2D eigenvalue weighted by Crippen LogP contribution is 2.35. The predicted octanol–water partition coefficient (Wildman–Crippen LogP) is 2.58. The molecule has 0 amide bonds. The maximum Gasteiger partial charge on any atom is 0.356 e. The molecular formula is C16H18N2O4. The van der Waals surface area contributed by atoms with Crippen LogP contribution in [0.3, 0.4) is 0 Å². The van der Waals surface area contributed by atoms with Crippen molar-refractivity contribution < 1.29 is 19.4 Å². The van der Waals surface area contributed by atoms with Gasteiger partial charge >= 0.3 is 5.97 Å². The van der Waals surface area contributed by atoms with Crippen molar-refractivity contribution in [3.63, 3.8) is 0 Å². The van der Waals surface area contributed by atoms with Crippen molar-refractivity contribution in [2.45, 2.75) is 12.8 Å². The number of hydrogen-bond donors (Lipinski definition) is 1. The fourth-order valence-corrected chi connectivity index (χ4v) is 2.28. The summed E-state index contributed by atoms with van der Waals surface area (Å²) in [5.41, 5.74) is 1.58. The minimum Gasteiger partial charge on any atom is -0.493 e. The first kappa shape index (κ1) is 14.4. The van der Waals surface area contributed by atoms with Crippen molar-refractivity contribution in [3.05, 3.63) is 30.0 Å². The molecule has 0 unspecified atom stereocenters. The highest BCUT2D eigenvalue weighted by Gasteiger charge is 2.23. The summed E-state index contributed by atoms with van der Waals surface area (Å²) in [4.78, 5) is 11.0. The molecule has 0 saturated heterocycles. The molecule has 0 atom stereocenters. The van der Waals surface area contributed by atoms with Crippen LogP contribution in [0.15, 0.2) is 24.3 Å². The molecule has 0 aliphatic heterocycles. The van der Waals surface area contributed by atoms with E-state index in [1.54, 1.807) is 24.9 Å². The summed E-state index contributed by atoms with van der Waals surface area (Å²) in [7, 11) is 3.32. The third kappa shape index (κ3) is 2.90. The molecule has 0 spiro atoms. The highest BCUT2D eigenvalue weighted by atomic mass is 16.5. The van der Waals surface area contributed by atoms with Gasteiger partial charge in [0.25, 0.3) is 0 Å². The van der Waals surface area contributed by atoms with Gasteiger partial charge < -0.3 is 14.6 Å². The number of ether oxygens (including phenoxy) is 2. The first-order valence-corrected chi connectivity index (χ1v) is 7.17. The molecule has 0 radical (unpaired) electrons. The smallest absolute Gasteiger partial charge is 0.356 e. The van der Waals surface area contributed by atoms with E-state index in [1.807, 2.05) is 18.2 Å². The molecule has 6 heteroatoms. The van der Waals surface area contributed by atoms with Crippen molar-refractivity contribution in [1.29, 1.82) is 0 Å². The Labute approximate surface area is 128 Å². The molecule has 3 rings (SSSR count). The molecule has 1 aromatic carbocycles. The van der Waals surface area contributed by atoms with Crippen LogP contribution in [0.25, 0.3) is 11.3 Å². The lowest BCUT2D eigenvalue weighted by molar-refractivity contribution is 0.0689. The van der Waals surface area contributed by atoms with Crippen molar-refractivity contribution in [3.8, 4) is 22.8 Å². The summed E-state index contributed by atoms with van der Waals surface area (Å²) in [6.07, 6.45) is 2.43. The van der Waals surface area contributed by atoms with Gasteiger partial charge in [0.1, 0.15) is 0 Å². The SMILES string of the molecule is COc1ccc(-c2cc(C(=O)O)nn2C)cc1OCC1CC1. The van der Waals surface area contributed by atoms with Gasteiger partial charge in [-0.05, 0) is 43.0 Å². The average Bonchev–Trinajstić information content (AvgIpc) is 3.25. The van der Waals surface area contributed by atoms with E-state index in [2.05, 4.69) is 5.10 Å². The average molecular weight is 302 g/mol. The summed E-state index contributed by atoms with van der Waals surface area (Å²) in [5.74, 6) is 0.944. The van der Waals surface area contributed by atoms with Crippen LogP contribution in [0.2, 0.25) is 0 Å². The van der Waals surface area contributed by atoms with Crippen molar-refractivity contribution >= 4 is 5.97 Å². The Balaban J connectivity index is 1.92. The van der Waals surface area contributed by atoms with E-state index >= 15 is 0 Å². The van der Waals surface area contributed by atoms with E-state index in [-0.39, 0.29) is 5.69 Å². The Morgan fingerprint density at radius 1 is 1.36 bits per heavy atom. The van der Waals surface area contributed by atoms with Gasteiger partial charge in [0.15, 0.2) is 17.2 Å². The second-order valence-electron chi connectivity index (χ2n) is 5.46. The van der Waals surface area contributed by atoms with Crippen molar-refractivity contribution in [1.82, 2.24) is 9.78 Å². The first-order valence-electron chi connectivity index (χ1n) is 7.17. The topological polar surface area (TPSA) is 73.6 Å². The van der Waals surface area contributed by atoms with Gasteiger partial charge in [-0.3, -0.25) is 4.68 Å². The van der Waals surface area contributed by atoms with Gasteiger partial charge in [-0.2, -0.15) is 5.10 Å². The number of carboxylic acid groups (broad SMARTS) is 1. The Kier molecular flexibility index (Phi) is 3.75. The second kappa shape index (κ2) is 5.71. The van der Waals surface area contributed by atoms with E-state index in [4.69, 9.17) is 14.6 Å². The molecule has 1 aromatic heterocycles. The van der Waals surface area contributed by atoms with Crippen LogP contribution in [0.1, 0.15) is 23.3 Å². The molecule has 1 heterocycles. The number of hydrogen-bond acceptors (Lipinski definition) is 4. The maximum absolute atomic E-state index is 11.0. The van der Waals surface area contributed by atoms with Gasteiger partial charge in [-0.25, -0.2) is 4.79 Å². The standard InChI is InChI=1S/C16H18N2O4/c1-18-13(8-12(17-18)16(19)20)11-5-6-14(21-2)15(7-11)22-9-10-3-4-10/h5-8,10H,3-4,9H2,1-2H3,(H,19,20). The third-order valence-electron chi connectivity index (χ3n) is 3.73. The zero-order chi connectivity index (χ0) is 15.7. The van der Waals surface area contributed by atoms with Crippen LogP contribution in [0, 0.1) is 5.92 Å². The van der Waals surface area contributed by atoms with E-state index in [9.17, 15) is 4.79 Å². The Morgan fingerprint density at radius 2 is 2.14 bits per heavy atom. The molecule has 22 heavy (non-hydrogen) atoms. The Morgan fingerprint density at radius 3 is 2.73 bits per heavy atom. The number of aryl methyl sites for hydroxylation is 1. The van der Waals surface area contributed by atoms with E-state index in [0.29, 0.717) is 24.0 Å². The number of aromatic carboxylic acids is 1. The molecule has 1 saturated carbocycles. The molecule has 116 valence electrons. The van der Waals surface area contributed by atoms with Gasteiger partial charge in [0.2, 0.25) is 0 Å². The molecule has 1 N–H and O–H groups in total. The minimum absolute atomic E-state index is 0.0220. The highest BCUT2D eigenvalue weighted by molar-refractivity contribution is 5.87. The van der Waals surface area contributed by atoms with Crippen LogP contribution in [-0.4, -0.2) is 34.6 Å². The number of nitrogens with zero attached hydrogens (tertiary/aromatic N) is 2. The minimum atomic E-state index is -1.04. The molecule has 1 fully saturated rings. The van der Waals surface area contributed by atoms with Crippen LogP contribution < -0.4 is 9.47 Å². The lowest BCUT2D eigenvalue weighted by Gasteiger charge is -2.12. The van der Waals surface area contributed by atoms with Crippen LogP contribution >= 0.6 is 0 Å². The first-order chi connectivity index (χ1) is 10.6. The number of benzene rings is 1. The van der Waals surface area contributed by atoms with Crippen LogP contribution in [0.4, 0.5) is 0 Å². The molecule has 1 aliphatic carbocycles. The Bertz CT molecular complexity index is 704. The third-order valence-corrected chi connectivity index (χ3v) is 3.73. The maximum atomic E-state index is 11.0. The van der Waals surface area contributed by atoms with Gasteiger partial charge in [-0.1, -0.05) is 0 Å².